The van der Waals surface area contributed by atoms with E-state index >= 15 is 0 Å². The molecule has 3 fully saturated rings. The summed E-state index contributed by atoms with van der Waals surface area (Å²) in [5.74, 6) is 1.70. The third-order valence-corrected chi connectivity index (χ3v) is 5.49. The van der Waals surface area contributed by atoms with Crippen molar-refractivity contribution < 1.29 is 4.79 Å². The van der Waals surface area contributed by atoms with Crippen LogP contribution >= 0.6 is 0 Å². The van der Waals surface area contributed by atoms with Crippen LogP contribution in [0.15, 0.2) is 0 Å². The fourth-order valence-corrected chi connectivity index (χ4v) is 4.16. The molecule has 2 saturated carbocycles. The molecule has 1 N–H and O–H groups in total. The number of nitrogens with zero attached hydrogens (tertiary/aromatic N) is 2. The minimum absolute atomic E-state index is 0.151. The molecule has 3 atom stereocenters. The molecule has 19 heavy (non-hydrogen) atoms. The zero-order chi connectivity index (χ0) is 13.5. The lowest BCUT2D eigenvalue weighted by molar-refractivity contribution is -0.128. The molecule has 0 spiro atoms. The van der Waals surface area contributed by atoms with Crippen LogP contribution in [0.25, 0.3) is 0 Å². The number of carbonyl (C=O) groups is 1. The lowest BCUT2D eigenvalue weighted by atomic mass is 9.85. The summed E-state index contributed by atoms with van der Waals surface area (Å²) < 4.78 is 0. The summed E-state index contributed by atoms with van der Waals surface area (Å²) in [4.78, 5) is 14.7. The quantitative estimate of drug-likeness (QED) is 0.820. The molecule has 3 rings (SSSR count). The van der Waals surface area contributed by atoms with Crippen LogP contribution in [0.2, 0.25) is 0 Å². The Morgan fingerprint density at radius 1 is 1.32 bits per heavy atom. The van der Waals surface area contributed by atoms with Gasteiger partial charge in [0.25, 0.3) is 0 Å². The lowest BCUT2D eigenvalue weighted by Crippen LogP contribution is -2.55. The molecule has 4 heteroatoms. The van der Waals surface area contributed by atoms with Gasteiger partial charge < -0.3 is 10.2 Å². The highest BCUT2D eigenvalue weighted by Crippen LogP contribution is 2.48. The predicted molar refractivity (Wildman–Crippen MR) is 72.2 cm³/mol. The van der Waals surface area contributed by atoms with Crippen molar-refractivity contribution in [3.63, 3.8) is 0 Å². The maximum absolute atomic E-state index is 12.5. The Hall–Kier alpha value is -1.08. The van der Waals surface area contributed by atoms with E-state index in [4.69, 9.17) is 0 Å². The second kappa shape index (κ2) is 4.79. The van der Waals surface area contributed by atoms with Gasteiger partial charge in [0, 0.05) is 19.0 Å². The molecular weight excluding hydrogens is 238 g/mol. The largest absolute Gasteiger partial charge is 0.337 e. The first-order valence-corrected chi connectivity index (χ1v) is 7.54. The average molecular weight is 261 g/mol. The summed E-state index contributed by atoms with van der Waals surface area (Å²) >= 11 is 0. The molecule has 3 unspecified atom stereocenters. The van der Waals surface area contributed by atoms with Crippen molar-refractivity contribution in [3.8, 4) is 6.07 Å². The number of carbonyl (C=O) groups excluding carboxylic acids is 1. The summed E-state index contributed by atoms with van der Waals surface area (Å²) in [6.45, 7) is 1.79. The average Bonchev–Trinajstić information content (AvgIpc) is 3.04. The number of fused-ring (bicyclic) bond motifs is 2. The highest BCUT2D eigenvalue weighted by molar-refractivity contribution is 5.80. The molecule has 4 nitrogen and oxygen atoms in total. The minimum Gasteiger partial charge on any atom is -0.337 e. The molecule has 104 valence electrons. The van der Waals surface area contributed by atoms with Crippen molar-refractivity contribution in [1.82, 2.24) is 10.2 Å². The van der Waals surface area contributed by atoms with Gasteiger partial charge in [0.15, 0.2) is 0 Å². The molecule has 2 aliphatic carbocycles. The molecule has 0 radical (unpaired) electrons. The second-order valence-electron chi connectivity index (χ2n) is 6.77. The van der Waals surface area contributed by atoms with Crippen LogP contribution in [-0.2, 0) is 4.79 Å². The molecule has 0 aromatic heterocycles. The summed E-state index contributed by atoms with van der Waals surface area (Å²) in [6, 6.07) is 2.38. The van der Waals surface area contributed by atoms with Crippen LogP contribution in [0.1, 0.15) is 38.5 Å². The zero-order valence-corrected chi connectivity index (χ0v) is 11.7. The number of nitrogens with one attached hydrogen (secondary N) is 1. The molecule has 2 bridgehead atoms. The molecule has 0 aromatic rings. The Labute approximate surface area is 115 Å². The van der Waals surface area contributed by atoms with E-state index in [0.29, 0.717) is 5.92 Å². The van der Waals surface area contributed by atoms with Gasteiger partial charge in [0.05, 0.1) is 6.07 Å². The van der Waals surface area contributed by atoms with Crippen LogP contribution in [-0.4, -0.2) is 36.5 Å². The van der Waals surface area contributed by atoms with E-state index in [1.165, 1.54) is 19.3 Å². The Morgan fingerprint density at radius 3 is 2.58 bits per heavy atom. The minimum atomic E-state index is -0.606. The van der Waals surface area contributed by atoms with Crippen molar-refractivity contribution in [2.45, 2.75) is 44.1 Å². The smallest absolute Gasteiger partial charge is 0.224 e. The van der Waals surface area contributed by atoms with Gasteiger partial charge in [0.2, 0.25) is 5.91 Å². The van der Waals surface area contributed by atoms with Gasteiger partial charge in [-0.1, -0.05) is 6.42 Å². The van der Waals surface area contributed by atoms with E-state index in [1.807, 2.05) is 0 Å². The zero-order valence-electron chi connectivity index (χ0n) is 11.7. The SMILES string of the molecule is CN1CCC(C#N)(NC(=O)C2CC3CCC2C3)CC1. The van der Waals surface area contributed by atoms with Crippen molar-refractivity contribution in [3.05, 3.63) is 0 Å². The van der Waals surface area contributed by atoms with E-state index < -0.39 is 5.54 Å². The number of likely N-dealkylation sites (tertiary alicyclic amines) is 1. The highest BCUT2D eigenvalue weighted by Gasteiger charge is 2.45. The number of rotatable bonds is 2. The van der Waals surface area contributed by atoms with Gasteiger partial charge in [-0.05, 0) is 51.0 Å². The van der Waals surface area contributed by atoms with Crippen LogP contribution in [0.5, 0.6) is 0 Å². The van der Waals surface area contributed by atoms with Gasteiger partial charge in [-0.2, -0.15) is 5.26 Å². The predicted octanol–water partition coefficient (Wildman–Crippen LogP) is 1.53. The first-order valence-electron chi connectivity index (χ1n) is 7.54. The van der Waals surface area contributed by atoms with Gasteiger partial charge in [0.1, 0.15) is 5.54 Å². The highest BCUT2D eigenvalue weighted by atomic mass is 16.2. The maximum Gasteiger partial charge on any atom is 0.224 e. The maximum atomic E-state index is 12.5. The van der Waals surface area contributed by atoms with Crippen LogP contribution in [0, 0.1) is 29.1 Å². The first-order chi connectivity index (χ1) is 9.12. The first kappa shape index (κ1) is 12.9. The van der Waals surface area contributed by atoms with E-state index in [-0.39, 0.29) is 11.8 Å². The van der Waals surface area contributed by atoms with Crippen LogP contribution in [0.3, 0.4) is 0 Å². The fourth-order valence-electron chi connectivity index (χ4n) is 4.16. The summed E-state index contributed by atoms with van der Waals surface area (Å²) in [7, 11) is 2.07. The van der Waals surface area contributed by atoms with E-state index in [0.717, 1.165) is 38.3 Å². The third kappa shape index (κ3) is 2.36. The number of amides is 1. The van der Waals surface area contributed by atoms with Gasteiger partial charge in [-0.15, -0.1) is 0 Å². The summed E-state index contributed by atoms with van der Waals surface area (Å²) in [5, 5.41) is 12.6. The normalized spacial score (nSPS) is 36.9. The Kier molecular flexibility index (Phi) is 3.26. The molecule has 3 aliphatic rings. The molecule has 1 heterocycles. The van der Waals surface area contributed by atoms with E-state index in [9.17, 15) is 10.1 Å². The van der Waals surface area contributed by atoms with Gasteiger partial charge >= 0.3 is 0 Å². The monoisotopic (exact) mass is 261 g/mol. The van der Waals surface area contributed by atoms with Gasteiger partial charge in [-0.3, -0.25) is 4.79 Å². The summed E-state index contributed by atoms with van der Waals surface area (Å²) in [5.41, 5.74) is -0.606. The molecule has 1 amide bonds. The lowest BCUT2D eigenvalue weighted by Gasteiger charge is -2.37. The van der Waals surface area contributed by atoms with Crippen molar-refractivity contribution in [1.29, 1.82) is 5.26 Å². The van der Waals surface area contributed by atoms with Crippen molar-refractivity contribution >= 4 is 5.91 Å². The standard InChI is InChI=1S/C15H23N3O/c1-18-6-4-15(10-16,5-7-18)17-14(19)13-9-11-2-3-12(13)8-11/h11-13H,2-9H2,1H3,(H,17,19). The van der Waals surface area contributed by atoms with Crippen LogP contribution in [0.4, 0.5) is 0 Å². The molecular formula is C15H23N3O. The number of hydrogen-bond donors (Lipinski definition) is 1. The van der Waals surface area contributed by atoms with Gasteiger partial charge in [-0.25, -0.2) is 0 Å². The third-order valence-electron chi connectivity index (χ3n) is 5.49. The number of hydrogen-bond acceptors (Lipinski definition) is 3. The van der Waals surface area contributed by atoms with Crippen molar-refractivity contribution in [2.24, 2.45) is 17.8 Å². The molecule has 0 aromatic carbocycles. The number of piperidine rings is 1. The second-order valence-corrected chi connectivity index (χ2v) is 6.77. The number of nitriles is 1. The fraction of sp³-hybridized carbons (Fsp3) is 0.867. The molecule has 1 aliphatic heterocycles. The topological polar surface area (TPSA) is 56.1 Å². The Bertz CT molecular complexity index is 406. The van der Waals surface area contributed by atoms with E-state index in [1.54, 1.807) is 0 Å². The van der Waals surface area contributed by atoms with Crippen LogP contribution < -0.4 is 5.32 Å². The Morgan fingerprint density at radius 2 is 2.05 bits per heavy atom. The summed E-state index contributed by atoms with van der Waals surface area (Å²) in [6.07, 6.45) is 6.32. The molecule has 1 saturated heterocycles. The van der Waals surface area contributed by atoms with Crippen molar-refractivity contribution in [2.75, 3.05) is 20.1 Å². The Balaban J connectivity index is 1.63. The van der Waals surface area contributed by atoms with E-state index in [2.05, 4.69) is 23.3 Å².